The van der Waals surface area contributed by atoms with Crippen LogP contribution in [0.25, 0.3) is 0 Å². The van der Waals surface area contributed by atoms with Gasteiger partial charge in [-0.15, -0.1) is 0 Å². The van der Waals surface area contributed by atoms with Gasteiger partial charge in [-0.05, 0) is 44.9 Å². The van der Waals surface area contributed by atoms with Gasteiger partial charge < -0.3 is 34.3 Å². The number of esters is 2. The van der Waals surface area contributed by atoms with E-state index >= 15 is 0 Å². The maximum atomic E-state index is 12.8. The summed E-state index contributed by atoms with van der Waals surface area (Å²) in [6, 6.07) is 0. The van der Waals surface area contributed by atoms with Crippen molar-refractivity contribution in [1.82, 2.24) is 0 Å². The molecule has 1 unspecified atom stereocenters. The minimum absolute atomic E-state index is 0.165. The smallest absolute Gasteiger partial charge is 0.306 e. The Hall–Kier alpha value is -1.87. The van der Waals surface area contributed by atoms with Crippen LogP contribution in [-0.2, 0) is 38.7 Å². The molecule has 0 saturated carbocycles. The van der Waals surface area contributed by atoms with Crippen molar-refractivity contribution >= 4 is 22.1 Å². The van der Waals surface area contributed by atoms with Crippen molar-refractivity contribution in [3.8, 4) is 0 Å². The highest BCUT2D eigenvalue weighted by Crippen LogP contribution is 2.24. The molecule has 0 radical (unpaired) electrons. The normalized spacial score (nSPS) is 20.9. The summed E-state index contributed by atoms with van der Waals surface area (Å²) in [5.41, 5.74) is 0. The lowest BCUT2D eigenvalue weighted by atomic mass is 10.00. The molecular formula is C43H78O12S. The fourth-order valence-corrected chi connectivity index (χ4v) is 7.28. The zero-order valence-electron chi connectivity index (χ0n) is 34.7. The third-order valence-corrected chi connectivity index (χ3v) is 10.8. The molecule has 1 aliphatic heterocycles. The number of rotatable bonds is 36. The van der Waals surface area contributed by atoms with Crippen molar-refractivity contribution in [2.24, 2.45) is 0 Å². The topological polar surface area (TPSA) is 186 Å². The summed E-state index contributed by atoms with van der Waals surface area (Å²) in [6.45, 7) is 3.71. The van der Waals surface area contributed by atoms with Crippen LogP contribution in [0.1, 0.15) is 181 Å². The number of ether oxygens (including phenoxy) is 4. The van der Waals surface area contributed by atoms with Gasteiger partial charge in [0.2, 0.25) is 0 Å². The number of unbranched alkanes of at least 4 members (excludes halogenated alkanes) is 20. The van der Waals surface area contributed by atoms with Crippen molar-refractivity contribution in [3.63, 3.8) is 0 Å². The second-order valence-electron chi connectivity index (χ2n) is 15.4. The Morgan fingerprint density at radius 1 is 0.607 bits per heavy atom. The second-order valence-corrected chi connectivity index (χ2v) is 16.9. The molecule has 4 N–H and O–H groups in total. The van der Waals surface area contributed by atoms with E-state index in [1.807, 2.05) is 0 Å². The largest absolute Gasteiger partial charge is 0.462 e. The monoisotopic (exact) mass is 819 g/mol. The summed E-state index contributed by atoms with van der Waals surface area (Å²) < 4.78 is 54.0. The predicted molar refractivity (Wildman–Crippen MR) is 220 cm³/mol. The molecule has 328 valence electrons. The lowest BCUT2D eigenvalue weighted by Crippen LogP contribution is -2.60. The number of aliphatic hydroxyl groups excluding tert-OH is 3. The first-order chi connectivity index (χ1) is 27.0. The van der Waals surface area contributed by atoms with Gasteiger partial charge in [0.25, 0.3) is 10.1 Å². The number of allylic oxidation sites excluding steroid dienone is 4. The Kier molecular flexibility index (Phi) is 31.7. The van der Waals surface area contributed by atoms with Crippen LogP contribution in [0.2, 0.25) is 0 Å². The van der Waals surface area contributed by atoms with Crippen molar-refractivity contribution in [2.75, 3.05) is 19.0 Å². The van der Waals surface area contributed by atoms with E-state index in [4.69, 9.17) is 18.9 Å². The van der Waals surface area contributed by atoms with Gasteiger partial charge in [0, 0.05) is 12.8 Å². The maximum absolute atomic E-state index is 12.8. The molecule has 0 bridgehead atoms. The first-order valence-corrected chi connectivity index (χ1v) is 23.5. The van der Waals surface area contributed by atoms with E-state index in [0.29, 0.717) is 12.8 Å². The lowest BCUT2D eigenvalue weighted by Gasteiger charge is -2.40. The third kappa shape index (κ3) is 28.5. The van der Waals surface area contributed by atoms with Crippen molar-refractivity contribution in [3.05, 3.63) is 24.3 Å². The Labute approximate surface area is 338 Å². The first-order valence-electron chi connectivity index (χ1n) is 21.9. The average Bonchev–Trinajstić information content (AvgIpc) is 3.16. The molecule has 12 nitrogen and oxygen atoms in total. The Balaban J connectivity index is 2.47. The van der Waals surface area contributed by atoms with Crippen LogP contribution in [0.5, 0.6) is 0 Å². The fourth-order valence-electron chi connectivity index (χ4n) is 6.59. The van der Waals surface area contributed by atoms with Crippen LogP contribution in [0.4, 0.5) is 0 Å². The minimum Gasteiger partial charge on any atom is -0.462 e. The SMILES string of the molecule is CCCCC/C=C/C/C=C/CCCCCCCC(=O)OCC(CO[C@H]1O[C@H](CS(=O)(=O)O)[C@@H](O)[C@H](O)[C@H]1O)OC(=O)CCCCCCCCCCCCCCC. The summed E-state index contributed by atoms with van der Waals surface area (Å²) in [5, 5.41) is 30.8. The molecule has 1 rings (SSSR count). The van der Waals surface area contributed by atoms with Gasteiger partial charge in [-0.3, -0.25) is 14.1 Å². The molecule has 0 aliphatic carbocycles. The van der Waals surface area contributed by atoms with E-state index < -0.39 is 71.2 Å². The zero-order valence-corrected chi connectivity index (χ0v) is 35.6. The molecule has 1 heterocycles. The van der Waals surface area contributed by atoms with Crippen LogP contribution in [0.15, 0.2) is 24.3 Å². The van der Waals surface area contributed by atoms with Crippen molar-refractivity contribution in [1.29, 1.82) is 0 Å². The standard InChI is InChI=1S/C43H78O12S/c1-3-5-7-9-11-13-15-17-18-20-21-23-25-27-29-31-38(44)52-33-36(34-53-43-42(48)41(47)40(46)37(55-43)35-56(49,50)51)54-39(45)32-30-28-26-24-22-19-16-14-12-10-8-6-4-2/h11,13,17-18,36-37,40-43,46-48H,3-10,12,14-16,19-35H2,1-2H3,(H,49,50,51)/b13-11+,18-17+/t36?,37-,40-,41+,42-,43+/m1/s1. The van der Waals surface area contributed by atoms with E-state index in [2.05, 4.69) is 38.2 Å². The van der Waals surface area contributed by atoms with Gasteiger partial charge >= 0.3 is 11.9 Å². The third-order valence-electron chi connectivity index (χ3n) is 10.0. The molecule has 0 aromatic rings. The molecule has 56 heavy (non-hydrogen) atoms. The number of hydrogen-bond donors (Lipinski definition) is 4. The lowest BCUT2D eigenvalue weighted by molar-refractivity contribution is -0.297. The predicted octanol–water partition coefficient (Wildman–Crippen LogP) is 8.45. The second kappa shape index (κ2) is 34.0. The first kappa shape index (κ1) is 52.1. The average molecular weight is 819 g/mol. The van der Waals surface area contributed by atoms with Gasteiger partial charge in [-0.2, -0.15) is 8.42 Å². The Morgan fingerprint density at radius 3 is 1.61 bits per heavy atom. The number of carbonyl (C=O) groups excluding carboxylic acids is 2. The Bertz CT molecular complexity index is 1140. The van der Waals surface area contributed by atoms with Crippen LogP contribution in [0, 0.1) is 0 Å². The fraction of sp³-hybridized carbons (Fsp3) is 0.860. The highest BCUT2D eigenvalue weighted by molar-refractivity contribution is 7.85. The van der Waals surface area contributed by atoms with Crippen molar-refractivity contribution in [2.45, 2.75) is 218 Å². The molecule has 1 aliphatic rings. The Morgan fingerprint density at radius 2 is 1.07 bits per heavy atom. The molecule has 1 fully saturated rings. The van der Waals surface area contributed by atoms with E-state index in [1.54, 1.807) is 0 Å². The van der Waals surface area contributed by atoms with Crippen molar-refractivity contribution < 1.29 is 56.8 Å². The summed E-state index contributed by atoms with van der Waals surface area (Å²) >= 11 is 0. The number of hydrogen-bond acceptors (Lipinski definition) is 11. The molecule has 13 heteroatoms. The summed E-state index contributed by atoms with van der Waals surface area (Å²) in [7, 11) is -4.60. The molecule has 0 spiro atoms. The summed E-state index contributed by atoms with van der Waals surface area (Å²) in [5.74, 6) is -1.99. The molecule has 1 saturated heterocycles. The van der Waals surface area contributed by atoms with Gasteiger partial charge in [0.15, 0.2) is 12.4 Å². The van der Waals surface area contributed by atoms with Gasteiger partial charge in [-0.1, -0.05) is 147 Å². The highest BCUT2D eigenvalue weighted by Gasteiger charge is 2.46. The minimum atomic E-state index is -4.60. The highest BCUT2D eigenvalue weighted by atomic mass is 32.2. The maximum Gasteiger partial charge on any atom is 0.306 e. The molecule has 0 aromatic heterocycles. The van der Waals surface area contributed by atoms with E-state index in [0.717, 1.165) is 64.2 Å². The van der Waals surface area contributed by atoms with Crippen LogP contribution in [-0.4, -0.2) is 96.0 Å². The summed E-state index contributed by atoms with van der Waals surface area (Å²) in [6.07, 6.45) is 26.5. The molecule has 0 amide bonds. The van der Waals surface area contributed by atoms with Crippen LogP contribution < -0.4 is 0 Å². The molecule has 0 aromatic carbocycles. The van der Waals surface area contributed by atoms with Gasteiger partial charge in [-0.25, -0.2) is 0 Å². The quantitative estimate of drug-likeness (QED) is 0.0205. The molecular weight excluding hydrogens is 741 g/mol. The number of aliphatic hydroxyl groups is 3. The van der Waals surface area contributed by atoms with Crippen LogP contribution in [0.3, 0.4) is 0 Å². The number of carbonyl (C=O) groups is 2. The zero-order chi connectivity index (χ0) is 41.3. The van der Waals surface area contributed by atoms with Gasteiger partial charge in [0.1, 0.15) is 36.8 Å². The van der Waals surface area contributed by atoms with E-state index in [-0.39, 0.29) is 19.4 Å². The molecule has 6 atom stereocenters. The van der Waals surface area contributed by atoms with E-state index in [1.165, 1.54) is 77.0 Å². The van der Waals surface area contributed by atoms with E-state index in [9.17, 15) is 37.9 Å². The summed E-state index contributed by atoms with van der Waals surface area (Å²) in [4.78, 5) is 25.3. The van der Waals surface area contributed by atoms with Gasteiger partial charge in [0.05, 0.1) is 6.61 Å². The van der Waals surface area contributed by atoms with Crippen LogP contribution >= 0.6 is 0 Å².